The molecule has 1 unspecified atom stereocenters. The second-order valence-electron chi connectivity index (χ2n) is 4.42. The Morgan fingerprint density at radius 3 is 2.90 bits per heavy atom. The highest BCUT2D eigenvalue weighted by Crippen LogP contribution is 2.32. The second kappa shape index (κ2) is 5.39. The largest absolute Gasteiger partial charge is 0.272 e. The van der Waals surface area contributed by atoms with E-state index < -0.39 is 5.92 Å². The topological polar surface area (TPSA) is 71.6 Å². The molecule has 0 N–H and O–H groups in total. The third-order valence-electron chi connectivity index (χ3n) is 3.10. The molecule has 0 spiro atoms. The Morgan fingerprint density at radius 2 is 2.19 bits per heavy atom. The Labute approximate surface area is 132 Å². The van der Waals surface area contributed by atoms with Crippen LogP contribution < -0.4 is 5.56 Å². The van der Waals surface area contributed by atoms with E-state index in [4.69, 9.17) is 0 Å². The van der Waals surface area contributed by atoms with Gasteiger partial charge in [0.1, 0.15) is 10.9 Å². The summed E-state index contributed by atoms with van der Waals surface area (Å²) in [4.78, 5) is 16.8. The lowest BCUT2D eigenvalue weighted by Crippen LogP contribution is -2.25. The van der Waals surface area contributed by atoms with E-state index in [2.05, 4.69) is 32.1 Å². The van der Waals surface area contributed by atoms with Crippen molar-refractivity contribution in [2.75, 3.05) is 0 Å². The zero-order chi connectivity index (χ0) is 15.0. The number of nitriles is 1. The molecule has 0 aliphatic rings. The lowest BCUT2D eigenvalue weighted by molar-refractivity contribution is 0.687. The quantitative estimate of drug-likeness (QED) is 0.704. The highest BCUT2D eigenvalue weighted by molar-refractivity contribution is 9.10. The van der Waals surface area contributed by atoms with Crippen molar-refractivity contribution in [1.82, 2.24) is 14.8 Å². The van der Waals surface area contributed by atoms with Gasteiger partial charge in [-0.15, -0.1) is 11.3 Å². The van der Waals surface area contributed by atoms with Gasteiger partial charge >= 0.3 is 0 Å². The fourth-order valence-electron chi connectivity index (χ4n) is 2.05. The number of thiazole rings is 1. The van der Waals surface area contributed by atoms with E-state index in [1.807, 2.05) is 24.3 Å². The smallest absolute Gasteiger partial charge is 0.267 e. The number of benzene rings is 1. The van der Waals surface area contributed by atoms with Gasteiger partial charge in [0.15, 0.2) is 0 Å². The summed E-state index contributed by atoms with van der Waals surface area (Å²) in [6.45, 7) is 0. The van der Waals surface area contributed by atoms with Crippen LogP contribution in [0.15, 0.2) is 39.7 Å². The number of hydrogen-bond donors (Lipinski definition) is 0. The molecular weight excluding hydrogens is 352 g/mol. The number of rotatable bonds is 2. The summed E-state index contributed by atoms with van der Waals surface area (Å²) in [5.41, 5.74) is 0.906. The molecule has 0 bridgehead atoms. The lowest BCUT2D eigenvalue weighted by atomic mass is 10.0. The molecule has 1 atom stereocenters. The van der Waals surface area contributed by atoms with Crippen molar-refractivity contribution < 1.29 is 0 Å². The number of halogens is 1. The van der Waals surface area contributed by atoms with E-state index in [1.54, 1.807) is 7.05 Å². The minimum Gasteiger partial charge on any atom is -0.267 e. The fraction of sp³-hybridized carbons (Fsp3) is 0.143. The molecule has 1 aromatic carbocycles. The van der Waals surface area contributed by atoms with Gasteiger partial charge in [0, 0.05) is 11.5 Å². The number of aryl methyl sites for hydroxylation is 1. The average molecular weight is 361 g/mol. The van der Waals surface area contributed by atoms with E-state index in [9.17, 15) is 10.1 Å². The van der Waals surface area contributed by atoms with Crippen LogP contribution in [0.1, 0.15) is 16.5 Å². The zero-order valence-electron chi connectivity index (χ0n) is 10.9. The molecule has 0 radical (unpaired) electrons. The van der Waals surface area contributed by atoms with Gasteiger partial charge in [-0.1, -0.05) is 12.1 Å². The summed E-state index contributed by atoms with van der Waals surface area (Å²) in [6, 6.07) is 9.84. The predicted molar refractivity (Wildman–Crippen MR) is 84.3 cm³/mol. The molecule has 5 nitrogen and oxygen atoms in total. The van der Waals surface area contributed by atoms with E-state index in [0.29, 0.717) is 15.0 Å². The van der Waals surface area contributed by atoms with E-state index in [1.165, 1.54) is 22.2 Å². The molecule has 104 valence electrons. The Hall–Kier alpha value is -2.04. The van der Waals surface area contributed by atoms with Crippen LogP contribution in [0, 0.1) is 11.3 Å². The summed E-state index contributed by atoms with van der Waals surface area (Å²) in [5.74, 6) is -0.710. The van der Waals surface area contributed by atoms with Crippen molar-refractivity contribution in [3.05, 3.63) is 55.9 Å². The Kier molecular flexibility index (Phi) is 3.57. The van der Waals surface area contributed by atoms with E-state index >= 15 is 0 Å². The minimum atomic E-state index is -0.710. The molecule has 7 heteroatoms. The molecule has 0 fully saturated rings. The first-order valence-corrected chi connectivity index (χ1v) is 7.69. The van der Waals surface area contributed by atoms with Crippen molar-refractivity contribution in [3.63, 3.8) is 0 Å². The Bertz CT molecular complexity index is 892. The van der Waals surface area contributed by atoms with Gasteiger partial charge in [0.05, 0.1) is 28.0 Å². The van der Waals surface area contributed by atoms with Crippen LogP contribution in [0.5, 0.6) is 0 Å². The maximum Gasteiger partial charge on any atom is 0.272 e. The third kappa shape index (κ3) is 2.37. The molecule has 0 aliphatic heterocycles. The van der Waals surface area contributed by atoms with E-state index in [0.717, 1.165) is 10.2 Å². The van der Waals surface area contributed by atoms with E-state index in [-0.39, 0.29) is 5.56 Å². The van der Waals surface area contributed by atoms with Crippen molar-refractivity contribution in [3.8, 4) is 6.07 Å². The van der Waals surface area contributed by atoms with Crippen molar-refractivity contribution in [2.24, 2.45) is 7.05 Å². The van der Waals surface area contributed by atoms with Crippen LogP contribution in [0.3, 0.4) is 0 Å². The van der Waals surface area contributed by atoms with Gasteiger partial charge in [-0.3, -0.25) is 4.79 Å². The summed E-state index contributed by atoms with van der Waals surface area (Å²) in [5, 5.41) is 14.1. The van der Waals surface area contributed by atoms with Crippen LogP contribution in [0.25, 0.3) is 10.2 Å². The summed E-state index contributed by atoms with van der Waals surface area (Å²) in [6.07, 6.45) is 1.52. The molecule has 3 rings (SSSR count). The Balaban J connectivity index is 2.22. The van der Waals surface area contributed by atoms with Gasteiger partial charge in [-0.05, 0) is 28.1 Å². The van der Waals surface area contributed by atoms with Crippen LogP contribution in [0.4, 0.5) is 0 Å². The van der Waals surface area contributed by atoms with Gasteiger partial charge < -0.3 is 0 Å². The molecule has 2 heterocycles. The minimum absolute atomic E-state index is 0.296. The highest BCUT2D eigenvalue weighted by atomic mass is 79.9. The number of para-hydroxylation sites is 1. The summed E-state index contributed by atoms with van der Waals surface area (Å²) >= 11 is 4.74. The van der Waals surface area contributed by atoms with Gasteiger partial charge in [-0.25, -0.2) is 9.67 Å². The van der Waals surface area contributed by atoms with Gasteiger partial charge in [0.25, 0.3) is 5.56 Å². The second-order valence-corrected chi connectivity index (χ2v) is 6.33. The Morgan fingerprint density at radius 1 is 1.43 bits per heavy atom. The predicted octanol–water partition coefficient (Wildman–Crippen LogP) is 2.81. The first-order chi connectivity index (χ1) is 10.1. The highest BCUT2D eigenvalue weighted by Gasteiger charge is 2.24. The zero-order valence-corrected chi connectivity index (χ0v) is 13.3. The van der Waals surface area contributed by atoms with Crippen molar-refractivity contribution >= 4 is 37.5 Å². The lowest BCUT2D eigenvalue weighted by Gasteiger charge is -2.08. The fourth-order valence-corrected chi connectivity index (χ4v) is 3.57. The SMILES string of the molecule is Cn1ncc(Br)c(C(C#N)c2nc3ccccc3s2)c1=O. The normalized spacial score (nSPS) is 12.2. The van der Waals surface area contributed by atoms with Crippen LogP contribution in [-0.2, 0) is 7.05 Å². The third-order valence-corrected chi connectivity index (χ3v) is 4.83. The molecule has 0 amide bonds. The first kappa shape index (κ1) is 13.9. The molecule has 21 heavy (non-hydrogen) atoms. The standard InChI is InChI=1S/C14H9BrN4OS/c1-19-14(20)12(9(15)7-17-19)8(6-16)13-18-10-4-2-3-5-11(10)21-13/h2-5,7-8H,1H3. The summed E-state index contributed by atoms with van der Waals surface area (Å²) < 4.78 is 2.74. The number of hydrogen-bond acceptors (Lipinski definition) is 5. The maximum atomic E-state index is 12.3. The van der Waals surface area contributed by atoms with Crippen LogP contribution in [-0.4, -0.2) is 14.8 Å². The number of aromatic nitrogens is 3. The van der Waals surface area contributed by atoms with Crippen LogP contribution >= 0.6 is 27.3 Å². The van der Waals surface area contributed by atoms with Crippen molar-refractivity contribution in [1.29, 1.82) is 5.26 Å². The average Bonchev–Trinajstić information content (AvgIpc) is 2.91. The molecule has 2 aromatic heterocycles. The van der Waals surface area contributed by atoms with Crippen LogP contribution in [0.2, 0.25) is 0 Å². The monoisotopic (exact) mass is 360 g/mol. The number of fused-ring (bicyclic) bond motifs is 1. The molecule has 0 saturated carbocycles. The number of nitrogens with zero attached hydrogens (tertiary/aromatic N) is 4. The molecule has 3 aromatic rings. The molecule has 0 aliphatic carbocycles. The van der Waals surface area contributed by atoms with Gasteiger partial charge in [-0.2, -0.15) is 10.4 Å². The maximum absolute atomic E-state index is 12.3. The molecular formula is C14H9BrN4OS. The first-order valence-electron chi connectivity index (χ1n) is 6.08. The van der Waals surface area contributed by atoms with Crippen molar-refractivity contribution in [2.45, 2.75) is 5.92 Å². The summed E-state index contributed by atoms with van der Waals surface area (Å²) in [7, 11) is 1.56. The van der Waals surface area contributed by atoms with Gasteiger partial charge in [0.2, 0.25) is 0 Å². The molecule has 0 saturated heterocycles.